The summed E-state index contributed by atoms with van der Waals surface area (Å²) in [5, 5.41) is 5.50. The van der Waals surface area contributed by atoms with Gasteiger partial charge in [-0.15, -0.1) is 0 Å². The van der Waals surface area contributed by atoms with Gasteiger partial charge in [-0.2, -0.15) is 5.10 Å². The standard InChI is InChI=1S/C23H23N3O3/c1-15(2)25(13-17-7-5-4-6-8-17)21(27)14-26-22-18-11-16(3)9-10-20(18)29-23(28)19(22)12-24-26/h4-12,15H,13-14H2,1-3H3. The van der Waals surface area contributed by atoms with Crippen LogP contribution in [0.4, 0.5) is 0 Å². The van der Waals surface area contributed by atoms with Crippen LogP contribution in [0.1, 0.15) is 25.0 Å². The summed E-state index contributed by atoms with van der Waals surface area (Å²) in [5.74, 6) is -0.0529. The van der Waals surface area contributed by atoms with Crippen LogP contribution in [-0.4, -0.2) is 26.6 Å². The zero-order chi connectivity index (χ0) is 20.5. The normalized spacial score (nSPS) is 11.4. The number of aromatic nitrogens is 2. The third kappa shape index (κ3) is 3.66. The molecule has 0 aliphatic carbocycles. The molecule has 0 saturated carbocycles. The van der Waals surface area contributed by atoms with Crippen LogP contribution >= 0.6 is 0 Å². The molecule has 2 aromatic heterocycles. The molecular weight excluding hydrogens is 366 g/mol. The number of carbonyl (C=O) groups is 1. The van der Waals surface area contributed by atoms with Gasteiger partial charge in [0.15, 0.2) is 0 Å². The first-order valence-electron chi connectivity index (χ1n) is 9.66. The fourth-order valence-corrected chi connectivity index (χ4v) is 3.57. The van der Waals surface area contributed by atoms with E-state index in [0.29, 0.717) is 23.0 Å². The largest absolute Gasteiger partial charge is 0.422 e. The molecule has 6 heteroatoms. The highest BCUT2D eigenvalue weighted by atomic mass is 16.4. The Morgan fingerprint density at radius 3 is 2.62 bits per heavy atom. The summed E-state index contributed by atoms with van der Waals surface area (Å²) >= 11 is 0. The van der Waals surface area contributed by atoms with Gasteiger partial charge in [-0.3, -0.25) is 9.48 Å². The Morgan fingerprint density at radius 2 is 1.90 bits per heavy atom. The van der Waals surface area contributed by atoms with E-state index < -0.39 is 5.63 Å². The molecule has 29 heavy (non-hydrogen) atoms. The van der Waals surface area contributed by atoms with Crippen molar-refractivity contribution in [3.05, 3.63) is 76.3 Å². The van der Waals surface area contributed by atoms with Crippen LogP contribution < -0.4 is 5.63 Å². The lowest BCUT2D eigenvalue weighted by molar-refractivity contribution is -0.134. The molecule has 0 unspecified atom stereocenters. The van der Waals surface area contributed by atoms with Crippen molar-refractivity contribution in [3.63, 3.8) is 0 Å². The zero-order valence-electron chi connectivity index (χ0n) is 16.8. The second-order valence-corrected chi connectivity index (χ2v) is 7.55. The van der Waals surface area contributed by atoms with E-state index in [1.807, 2.05) is 68.1 Å². The summed E-state index contributed by atoms with van der Waals surface area (Å²) in [6.45, 7) is 6.55. The average Bonchev–Trinajstić information content (AvgIpc) is 3.12. The number of nitrogens with zero attached hydrogens (tertiary/aromatic N) is 3. The number of fused-ring (bicyclic) bond motifs is 3. The molecule has 0 N–H and O–H groups in total. The maximum atomic E-state index is 13.2. The number of rotatable bonds is 5. The van der Waals surface area contributed by atoms with Crippen LogP contribution in [0.25, 0.3) is 21.9 Å². The number of benzene rings is 2. The van der Waals surface area contributed by atoms with Gasteiger partial charge in [-0.1, -0.05) is 42.0 Å². The zero-order valence-corrected chi connectivity index (χ0v) is 16.8. The van der Waals surface area contributed by atoms with Gasteiger partial charge in [0.25, 0.3) is 0 Å². The fourth-order valence-electron chi connectivity index (χ4n) is 3.57. The van der Waals surface area contributed by atoms with Crippen LogP contribution in [0.3, 0.4) is 0 Å². The molecule has 0 spiro atoms. The Hall–Kier alpha value is -3.41. The van der Waals surface area contributed by atoms with Crippen LogP contribution in [0.15, 0.2) is 63.9 Å². The molecular formula is C23H23N3O3. The van der Waals surface area contributed by atoms with Gasteiger partial charge >= 0.3 is 5.63 Å². The predicted molar refractivity (Wildman–Crippen MR) is 113 cm³/mol. The number of carbonyl (C=O) groups excluding carboxylic acids is 1. The average molecular weight is 389 g/mol. The molecule has 0 atom stereocenters. The summed E-state index contributed by atoms with van der Waals surface area (Å²) in [6, 6.07) is 15.6. The number of aryl methyl sites for hydroxylation is 1. The second kappa shape index (κ2) is 7.54. The number of amides is 1. The summed E-state index contributed by atoms with van der Waals surface area (Å²) < 4.78 is 7.02. The Balaban J connectivity index is 1.73. The van der Waals surface area contributed by atoms with E-state index in [0.717, 1.165) is 16.5 Å². The van der Waals surface area contributed by atoms with Crippen molar-refractivity contribution >= 4 is 27.8 Å². The summed E-state index contributed by atoms with van der Waals surface area (Å²) in [6.07, 6.45) is 1.48. The Bertz CT molecular complexity index is 1240. The van der Waals surface area contributed by atoms with Gasteiger partial charge in [-0.25, -0.2) is 4.79 Å². The Labute approximate surface area is 168 Å². The first-order valence-corrected chi connectivity index (χ1v) is 9.66. The van der Waals surface area contributed by atoms with E-state index in [4.69, 9.17) is 4.42 Å². The monoisotopic (exact) mass is 389 g/mol. The predicted octanol–water partition coefficient (Wildman–Crippen LogP) is 3.89. The molecule has 2 heterocycles. The summed E-state index contributed by atoms with van der Waals surface area (Å²) in [7, 11) is 0. The first-order chi connectivity index (χ1) is 13.9. The van der Waals surface area contributed by atoms with Crippen molar-refractivity contribution in [2.75, 3.05) is 0 Å². The van der Waals surface area contributed by atoms with E-state index in [1.165, 1.54) is 6.20 Å². The molecule has 148 valence electrons. The van der Waals surface area contributed by atoms with Crippen molar-refractivity contribution in [2.24, 2.45) is 0 Å². The summed E-state index contributed by atoms with van der Waals surface area (Å²) in [4.78, 5) is 27.3. The lowest BCUT2D eigenvalue weighted by Crippen LogP contribution is -2.38. The quantitative estimate of drug-likeness (QED) is 0.486. The lowest BCUT2D eigenvalue weighted by atomic mass is 10.1. The molecule has 0 radical (unpaired) electrons. The van der Waals surface area contributed by atoms with Crippen molar-refractivity contribution < 1.29 is 9.21 Å². The maximum absolute atomic E-state index is 13.2. The highest BCUT2D eigenvalue weighted by Gasteiger charge is 2.21. The van der Waals surface area contributed by atoms with Crippen LogP contribution in [0.5, 0.6) is 0 Å². The maximum Gasteiger partial charge on any atom is 0.347 e. The van der Waals surface area contributed by atoms with Gasteiger partial charge in [-0.05, 0) is 38.5 Å². The fraction of sp³-hybridized carbons (Fsp3) is 0.261. The summed E-state index contributed by atoms with van der Waals surface area (Å²) in [5.41, 5.74) is 2.80. The molecule has 0 aliphatic rings. The topological polar surface area (TPSA) is 68.3 Å². The van der Waals surface area contributed by atoms with Crippen LogP contribution in [0, 0.1) is 6.92 Å². The molecule has 0 fully saturated rings. The molecule has 0 aliphatic heterocycles. The molecule has 6 nitrogen and oxygen atoms in total. The SMILES string of the molecule is Cc1ccc2oc(=O)c3cnn(CC(=O)N(Cc4ccccc4)C(C)C)c3c2c1. The number of hydrogen-bond donors (Lipinski definition) is 0. The van der Waals surface area contributed by atoms with Gasteiger partial charge in [0.05, 0.1) is 11.7 Å². The Morgan fingerprint density at radius 1 is 1.14 bits per heavy atom. The van der Waals surface area contributed by atoms with Crippen molar-refractivity contribution in [1.82, 2.24) is 14.7 Å². The minimum Gasteiger partial charge on any atom is -0.422 e. The molecule has 2 aromatic carbocycles. The third-order valence-electron chi connectivity index (χ3n) is 5.08. The second-order valence-electron chi connectivity index (χ2n) is 7.55. The van der Waals surface area contributed by atoms with Crippen LogP contribution in [-0.2, 0) is 17.9 Å². The van der Waals surface area contributed by atoms with Gasteiger partial charge < -0.3 is 9.32 Å². The highest BCUT2D eigenvalue weighted by Crippen LogP contribution is 2.24. The first kappa shape index (κ1) is 18.9. The molecule has 0 saturated heterocycles. The van der Waals surface area contributed by atoms with E-state index in [-0.39, 0.29) is 18.5 Å². The third-order valence-corrected chi connectivity index (χ3v) is 5.08. The van der Waals surface area contributed by atoms with E-state index in [9.17, 15) is 9.59 Å². The molecule has 4 rings (SSSR count). The highest BCUT2D eigenvalue weighted by molar-refractivity contribution is 6.02. The van der Waals surface area contributed by atoms with Gasteiger partial charge in [0, 0.05) is 18.0 Å². The van der Waals surface area contributed by atoms with Crippen molar-refractivity contribution in [1.29, 1.82) is 0 Å². The number of hydrogen-bond acceptors (Lipinski definition) is 4. The van der Waals surface area contributed by atoms with E-state index >= 15 is 0 Å². The van der Waals surface area contributed by atoms with E-state index in [1.54, 1.807) is 10.7 Å². The van der Waals surface area contributed by atoms with Crippen molar-refractivity contribution in [3.8, 4) is 0 Å². The minimum atomic E-state index is -0.444. The molecule has 1 amide bonds. The van der Waals surface area contributed by atoms with E-state index in [2.05, 4.69) is 5.10 Å². The van der Waals surface area contributed by atoms with Crippen molar-refractivity contribution in [2.45, 2.75) is 39.9 Å². The van der Waals surface area contributed by atoms with Crippen LogP contribution in [0.2, 0.25) is 0 Å². The molecule has 4 aromatic rings. The minimum absolute atomic E-state index is 0.0357. The molecule has 0 bridgehead atoms. The van der Waals surface area contributed by atoms with Gasteiger partial charge in [0.2, 0.25) is 5.91 Å². The lowest BCUT2D eigenvalue weighted by Gasteiger charge is -2.27. The smallest absolute Gasteiger partial charge is 0.347 e. The Kier molecular flexibility index (Phi) is 4.92. The van der Waals surface area contributed by atoms with Gasteiger partial charge in [0.1, 0.15) is 17.5 Å².